The SMILES string of the molecule is CC/C(=C/CNCCCCn1ccnc1)C(=O)O. The number of hydrogen-bond donors (Lipinski definition) is 2. The quantitative estimate of drug-likeness (QED) is 0.517. The van der Waals surface area contributed by atoms with Crippen LogP contribution in [0.3, 0.4) is 0 Å². The van der Waals surface area contributed by atoms with Gasteiger partial charge >= 0.3 is 5.97 Å². The van der Waals surface area contributed by atoms with Crippen LogP contribution in [-0.4, -0.2) is 33.7 Å². The zero-order valence-electron chi connectivity index (χ0n) is 10.8. The molecule has 0 aliphatic heterocycles. The van der Waals surface area contributed by atoms with Crippen molar-refractivity contribution >= 4 is 5.97 Å². The first-order valence-corrected chi connectivity index (χ1v) is 6.32. The second kappa shape index (κ2) is 8.47. The average molecular weight is 251 g/mol. The first-order chi connectivity index (χ1) is 8.74. The molecule has 0 amide bonds. The number of nitrogens with one attached hydrogen (secondary N) is 1. The summed E-state index contributed by atoms with van der Waals surface area (Å²) < 4.78 is 2.06. The highest BCUT2D eigenvalue weighted by Gasteiger charge is 2.02. The van der Waals surface area contributed by atoms with Crippen molar-refractivity contribution in [3.05, 3.63) is 30.4 Å². The van der Waals surface area contributed by atoms with Crippen molar-refractivity contribution in [1.82, 2.24) is 14.9 Å². The van der Waals surface area contributed by atoms with Gasteiger partial charge in [-0.3, -0.25) is 0 Å². The number of unbranched alkanes of at least 4 members (excludes halogenated alkanes) is 1. The van der Waals surface area contributed by atoms with Gasteiger partial charge in [-0.15, -0.1) is 0 Å². The van der Waals surface area contributed by atoms with E-state index in [0.29, 0.717) is 18.5 Å². The summed E-state index contributed by atoms with van der Waals surface area (Å²) in [5.41, 5.74) is 0.473. The van der Waals surface area contributed by atoms with E-state index in [0.717, 1.165) is 25.9 Å². The molecule has 0 aliphatic carbocycles. The Labute approximate surface area is 108 Å². The molecule has 2 N–H and O–H groups in total. The molecule has 100 valence electrons. The Morgan fingerprint density at radius 1 is 1.50 bits per heavy atom. The number of nitrogens with zero attached hydrogens (tertiary/aromatic N) is 2. The number of carbonyl (C=O) groups is 1. The molecule has 5 nitrogen and oxygen atoms in total. The Kier molecular flexibility index (Phi) is 6.79. The van der Waals surface area contributed by atoms with E-state index in [9.17, 15) is 4.79 Å². The van der Waals surface area contributed by atoms with Gasteiger partial charge in [0.2, 0.25) is 0 Å². The second-order valence-electron chi connectivity index (χ2n) is 4.10. The fraction of sp³-hybridized carbons (Fsp3) is 0.538. The molecule has 0 aromatic carbocycles. The van der Waals surface area contributed by atoms with E-state index in [1.165, 1.54) is 0 Å². The molecule has 5 heteroatoms. The number of rotatable bonds is 9. The van der Waals surface area contributed by atoms with Crippen molar-refractivity contribution in [2.75, 3.05) is 13.1 Å². The van der Waals surface area contributed by atoms with Crippen LogP contribution in [0.5, 0.6) is 0 Å². The van der Waals surface area contributed by atoms with Crippen LogP contribution < -0.4 is 5.32 Å². The Bertz CT molecular complexity index is 372. The van der Waals surface area contributed by atoms with Crippen LogP contribution >= 0.6 is 0 Å². The van der Waals surface area contributed by atoms with Crippen molar-refractivity contribution in [1.29, 1.82) is 0 Å². The maximum absolute atomic E-state index is 10.7. The van der Waals surface area contributed by atoms with Gasteiger partial charge in [0.15, 0.2) is 0 Å². The minimum atomic E-state index is -0.820. The molecule has 0 radical (unpaired) electrons. The normalized spacial score (nSPS) is 11.7. The van der Waals surface area contributed by atoms with Gasteiger partial charge in [0, 0.05) is 31.1 Å². The smallest absolute Gasteiger partial charge is 0.331 e. The molecule has 0 saturated heterocycles. The van der Waals surface area contributed by atoms with E-state index in [2.05, 4.69) is 14.9 Å². The van der Waals surface area contributed by atoms with Crippen molar-refractivity contribution in [2.45, 2.75) is 32.7 Å². The molecule has 0 spiro atoms. The second-order valence-corrected chi connectivity index (χ2v) is 4.10. The lowest BCUT2D eigenvalue weighted by molar-refractivity contribution is -0.132. The number of carboxylic acid groups (broad SMARTS) is 1. The third kappa shape index (κ3) is 5.63. The van der Waals surface area contributed by atoms with Crippen molar-refractivity contribution in [3.63, 3.8) is 0 Å². The topological polar surface area (TPSA) is 67.2 Å². The van der Waals surface area contributed by atoms with Gasteiger partial charge < -0.3 is 15.0 Å². The van der Waals surface area contributed by atoms with Crippen LogP contribution in [0.4, 0.5) is 0 Å². The van der Waals surface area contributed by atoms with Crippen molar-refractivity contribution < 1.29 is 9.90 Å². The van der Waals surface area contributed by atoms with Crippen LogP contribution in [0.25, 0.3) is 0 Å². The summed E-state index contributed by atoms with van der Waals surface area (Å²) in [6, 6.07) is 0. The summed E-state index contributed by atoms with van der Waals surface area (Å²) in [5, 5.41) is 12.0. The van der Waals surface area contributed by atoms with Crippen LogP contribution in [-0.2, 0) is 11.3 Å². The molecule has 1 rings (SSSR count). The fourth-order valence-electron chi connectivity index (χ4n) is 1.64. The lowest BCUT2D eigenvalue weighted by atomic mass is 10.2. The Morgan fingerprint density at radius 3 is 2.94 bits per heavy atom. The third-order valence-corrected chi connectivity index (χ3v) is 2.73. The van der Waals surface area contributed by atoms with Crippen LogP contribution in [0.15, 0.2) is 30.4 Å². The lowest BCUT2D eigenvalue weighted by Crippen LogP contribution is -2.16. The van der Waals surface area contributed by atoms with Gasteiger partial charge in [-0.2, -0.15) is 0 Å². The predicted octanol–water partition coefficient (Wildman–Crippen LogP) is 1.67. The van der Waals surface area contributed by atoms with Crippen molar-refractivity contribution in [3.8, 4) is 0 Å². The van der Waals surface area contributed by atoms with Crippen LogP contribution in [0, 0.1) is 0 Å². The molecule has 18 heavy (non-hydrogen) atoms. The first-order valence-electron chi connectivity index (χ1n) is 6.32. The summed E-state index contributed by atoms with van der Waals surface area (Å²) in [7, 11) is 0. The number of aromatic nitrogens is 2. The summed E-state index contributed by atoms with van der Waals surface area (Å²) >= 11 is 0. The minimum Gasteiger partial charge on any atom is -0.478 e. The molecular weight excluding hydrogens is 230 g/mol. The van der Waals surface area contributed by atoms with E-state index in [1.807, 2.05) is 19.4 Å². The van der Waals surface area contributed by atoms with E-state index < -0.39 is 5.97 Å². The monoisotopic (exact) mass is 251 g/mol. The molecule has 0 fully saturated rings. The maximum atomic E-state index is 10.7. The predicted molar refractivity (Wildman–Crippen MR) is 70.3 cm³/mol. The molecule has 0 unspecified atom stereocenters. The van der Waals surface area contributed by atoms with Gasteiger partial charge in [0.1, 0.15) is 0 Å². The Balaban J connectivity index is 2.03. The zero-order chi connectivity index (χ0) is 13.2. The summed E-state index contributed by atoms with van der Waals surface area (Å²) in [6.45, 7) is 4.36. The molecule has 1 aromatic heterocycles. The third-order valence-electron chi connectivity index (χ3n) is 2.73. The maximum Gasteiger partial charge on any atom is 0.331 e. The van der Waals surface area contributed by atoms with Crippen LogP contribution in [0.2, 0.25) is 0 Å². The molecule has 1 aromatic rings. The van der Waals surface area contributed by atoms with Gasteiger partial charge in [-0.1, -0.05) is 13.0 Å². The highest BCUT2D eigenvalue weighted by Crippen LogP contribution is 1.99. The van der Waals surface area contributed by atoms with Gasteiger partial charge in [-0.25, -0.2) is 9.78 Å². The Morgan fingerprint density at radius 2 is 2.33 bits per heavy atom. The summed E-state index contributed by atoms with van der Waals surface area (Å²) in [4.78, 5) is 14.7. The summed E-state index contributed by atoms with van der Waals surface area (Å²) in [6.07, 6.45) is 10.0. The van der Waals surface area contributed by atoms with Crippen molar-refractivity contribution in [2.24, 2.45) is 0 Å². The van der Waals surface area contributed by atoms with Gasteiger partial charge in [-0.05, 0) is 25.8 Å². The van der Waals surface area contributed by atoms with E-state index in [1.54, 1.807) is 12.3 Å². The van der Waals surface area contributed by atoms with Gasteiger partial charge in [0.25, 0.3) is 0 Å². The standard InChI is InChI=1S/C13H21N3O2/c1-2-12(13(17)18)5-7-14-6-3-4-9-16-10-8-15-11-16/h5,8,10-11,14H,2-4,6-7,9H2,1H3,(H,17,18)/b12-5-. The van der Waals surface area contributed by atoms with E-state index in [4.69, 9.17) is 5.11 Å². The highest BCUT2D eigenvalue weighted by atomic mass is 16.4. The van der Waals surface area contributed by atoms with E-state index in [-0.39, 0.29) is 0 Å². The number of hydrogen-bond acceptors (Lipinski definition) is 3. The number of carboxylic acids is 1. The molecule has 0 bridgehead atoms. The lowest BCUT2D eigenvalue weighted by Gasteiger charge is -2.04. The highest BCUT2D eigenvalue weighted by molar-refractivity contribution is 5.86. The molecule has 0 saturated carbocycles. The molecule has 0 aliphatic rings. The fourth-order valence-corrected chi connectivity index (χ4v) is 1.64. The largest absolute Gasteiger partial charge is 0.478 e. The van der Waals surface area contributed by atoms with E-state index >= 15 is 0 Å². The van der Waals surface area contributed by atoms with Gasteiger partial charge in [0.05, 0.1) is 6.33 Å². The molecular formula is C13H21N3O2. The molecule has 0 atom stereocenters. The summed E-state index contributed by atoms with van der Waals surface area (Å²) in [5.74, 6) is -0.820. The number of imidazole rings is 1. The number of aliphatic carboxylic acids is 1. The average Bonchev–Trinajstić information content (AvgIpc) is 2.85. The Hall–Kier alpha value is -1.62. The minimum absolute atomic E-state index is 0.473. The first kappa shape index (κ1) is 14.4. The zero-order valence-corrected chi connectivity index (χ0v) is 10.8. The number of aryl methyl sites for hydroxylation is 1. The van der Waals surface area contributed by atoms with Crippen LogP contribution in [0.1, 0.15) is 26.2 Å². The molecule has 1 heterocycles.